The minimum Gasteiger partial charge on any atom is -0.326 e. The van der Waals surface area contributed by atoms with Crippen LogP contribution in [0.1, 0.15) is 28.0 Å². The first-order valence-electron chi connectivity index (χ1n) is 8.38. The molecule has 1 heterocycles. The molecular weight excluding hydrogens is 382 g/mol. The zero-order chi connectivity index (χ0) is 19.2. The van der Waals surface area contributed by atoms with Crippen LogP contribution in [0, 0.1) is 6.92 Å². The molecule has 3 aromatic rings. The van der Waals surface area contributed by atoms with Crippen LogP contribution in [0.4, 0.5) is 10.8 Å². The lowest BCUT2D eigenvalue weighted by Gasteiger charge is -2.08. The summed E-state index contributed by atoms with van der Waals surface area (Å²) in [6.07, 6.45) is 0.783. The molecule has 0 saturated carbocycles. The molecule has 2 N–H and O–H groups in total. The van der Waals surface area contributed by atoms with Gasteiger partial charge in [-0.25, -0.2) is 4.98 Å². The Bertz CT molecular complexity index is 957. The number of carbonyl (C=O) groups is 2. The maximum atomic E-state index is 12.2. The third kappa shape index (κ3) is 5.39. The molecule has 7 heteroatoms. The molecule has 3 rings (SSSR count). The average Bonchev–Trinajstić information content (AvgIpc) is 3.11. The molecule has 2 amide bonds. The van der Waals surface area contributed by atoms with Crippen molar-refractivity contribution in [2.45, 2.75) is 19.8 Å². The molecule has 0 saturated heterocycles. The number of hydrogen-bond acceptors (Lipinski definition) is 4. The number of halogens is 1. The van der Waals surface area contributed by atoms with Gasteiger partial charge >= 0.3 is 0 Å². The van der Waals surface area contributed by atoms with Gasteiger partial charge in [0.05, 0.1) is 5.69 Å². The van der Waals surface area contributed by atoms with Crippen LogP contribution in [0.2, 0.25) is 5.02 Å². The quantitative estimate of drug-likeness (QED) is 0.617. The predicted molar refractivity (Wildman–Crippen MR) is 110 cm³/mol. The van der Waals surface area contributed by atoms with Crippen LogP contribution in [0.25, 0.3) is 0 Å². The summed E-state index contributed by atoms with van der Waals surface area (Å²) in [6.45, 7) is 1.91. The summed E-state index contributed by atoms with van der Waals surface area (Å²) in [7, 11) is 0. The second-order valence-corrected chi connectivity index (χ2v) is 7.27. The van der Waals surface area contributed by atoms with Gasteiger partial charge in [-0.3, -0.25) is 14.9 Å². The van der Waals surface area contributed by atoms with Gasteiger partial charge in [0.2, 0.25) is 5.91 Å². The first-order chi connectivity index (χ1) is 13.0. The SMILES string of the molecule is Cc1ccc(Cl)cc1NC(=O)CCc1csc(NC(=O)c2ccccc2)n1. The van der Waals surface area contributed by atoms with Gasteiger partial charge in [-0.2, -0.15) is 0 Å². The highest BCUT2D eigenvalue weighted by Gasteiger charge is 2.11. The second kappa shape index (κ2) is 8.79. The highest BCUT2D eigenvalue weighted by molar-refractivity contribution is 7.14. The Balaban J connectivity index is 1.52. The van der Waals surface area contributed by atoms with Crippen LogP contribution in [0.15, 0.2) is 53.9 Å². The lowest BCUT2D eigenvalue weighted by molar-refractivity contribution is -0.116. The highest BCUT2D eigenvalue weighted by Crippen LogP contribution is 2.21. The molecule has 0 aliphatic heterocycles. The summed E-state index contributed by atoms with van der Waals surface area (Å²) in [4.78, 5) is 28.7. The molecule has 0 unspecified atom stereocenters. The molecule has 0 aliphatic rings. The monoisotopic (exact) mass is 399 g/mol. The zero-order valence-electron chi connectivity index (χ0n) is 14.7. The summed E-state index contributed by atoms with van der Waals surface area (Å²) < 4.78 is 0. The fourth-order valence-corrected chi connectivity index (χ4v) is 3.33. The van der Waals surface area contributed by atoms with E-state index in [2.05, 4.69) is 15.6 Å². The van der Waals surface area contributed by atoms with Crippen molar-refractivity contribution in [1.82, 2.24) is 4.98 Å². The van der Waals surface area contributed by atoms with Crippen molar-refractivity contribution in [3.05, 3.63) is 75.8 Å². The number of nitrogens with zero attached hydrogens (tertiary/aromatic N) is 1. The summed E-state index contributed by atoms with van der Waals surface area (Å²) in [5.41, 5.74) is 3.00. The van der Waals surface area contributed by atoms with Gasteiger partial charge < -0.3 is 5.32 Å². The van der Waals surface area contributed by atoms with E-state index in [9.17, 15) is 9.59 Å². The van der Waals surface area contributed by atoms with E-state index in [-0.39, 0.29) is 11.8 Å². The molecule has 0 spiro atoms. The van der Waals surface area contributed by atoms with Gasteiger partial charge in [-0.15, -0.1) is 11.3 Å². The number of rotatable bonds is 6. The number of anilines is 2. The molecule has 0 aliphatic carbocycles. The van der Waals surface area contributed by atoms with E-state index in [0.29, 0.717) is 34.2 Å². The van der Waals surface area contributed by atoms with Gasteiger partial charge in [-0.05, 0) is 43.2 Å². The Hall–Kier alpha value is -2.70. The lowest BCUT2D eigenvalue weighted by Crippen LogP contribution is -2.13. The van der Waals surface area contributed by atoms with E-state index in [1.165, 1.54) is 11.3 Å². The minimum atomic E-state index is -0.203. The minimum absolute atomic E-state index is 0.108. The summed E-state index contributed by atoms with van der Waals surface area (Å²) in [5, 5.41) is 8.58. The number of nitrogens with one attached hydrogen (secondary N) is 2. The molecule has 0 fully saturated rings. The molecule has 5 nitrogen and oxygen atoms in total. The van der Waals surface area contributed by atoms with Crippen molar-refractivity contribution in [1.29, 1.82) is 0 Å². The normalized spacial score (nSPS) is 10.4. The Morgan fingerprint density at radius 2 is 1.89 bits per heavy atom. The van der Waals surface area contributed by atoms with Crippen molar-refractivity contribution in [2.24, 2.45) is 0 Å². The number of carbonyl (C=O) groups excluding carboxylic acids is 2. The van der Waals surface area contributed by atoms with Gasteiger partial charge in [-0.1, -0.05) is 35.9 Å². The third-order valence-electron chi connectivity index (χ3n) is 3.89. The van der Waals surface area contributed by atoms with E-state index < -0.39 is 0 Å². The Labute approximate surface area is 166 Å². The number of thiazole rings is 1. The number of hydrogen-bond donors (Lipinski definition) is 2. The van der Waals surface area contributed by atoms with Gasteiger partial charge in [0.15, 0.2) is 5.13 Å². The fourth-order valence-electron chi connectivity index (χ4n) is 2.42. The molecular formula is C20H18ClN3O2S. The van der Waals surface area contributed by atoms with Crippen LogP contribution < -0.4 is 10.6 Å². The molecule has 2 aromatic carbocycles. The fraction of sp³-hybridized carbons (Fsp3) is 0.150. The predicted octanol–water partition coefficient (Wildman–Crippen LogP) is 4.93. The van der Waals surface area contributed by atoms with Gasteiger partial charge in [0, 0.05) is 28.1 Å². The van der Waals surface area contributed by atoms with E-state index in [1.54, 1.807) is 24.3 Å². The Morgan fingerprint density at radius 3 is 2.67 bits per heavy atom. The van der Waals surface area contributed by atoms with Gasteiger partial charge in [0.25, 0.3) is 5.91 Å². The third-order valence-corrected chi connectivity index (χ3v) is 4.93. The number of aromatic nitrogens is 1. The molecule has 138 valence electrons. The molecule has 0 atom stereocenters. The number of aryl methyl sites for hydroxylation is 2. The first kappa shape index (κ1) is 19.1. The maximum Gasteiger partial charge on any atom is 0.257 e. The summed E-state index contributed by atoms with van der Waals surface area (Å²) >= 11 is 7.31. The highest BCUT2D eigenvalue weighted by atomic mass is 35.5. The average molecular weight is 400 g/mol. The van der Waals surface area contributed by atoms with Crippen molar-refractivity contribution in [3.63, 3.8) is 0 Å². The van der Waals surface area contributed by atoms with Crippen molar-refractivity contribution >= 4 is 45.6 Å². The molecule has 1 aromatic heterocycles. The van der Waals surface area contributed by atoms with Crippen molar-refractivity contribution in [2.75, 3.05) is 10.6 Å². The number of amides is 2. The van der Waals surface area contributed by atoms with E-state index in [4.69, 9.17) is 11.6 Å². The Kier molecular flexibility index (Phi) is 6.21. The molecule has 0 radical (unpaired) electrons. The van der Waals surface area contributed by atoms with Crippen LogP contribution in [-0.4, -0.2) is 16.8 Å². The smallest absolute Gasteiger partial charge is 0.257 e. The lowest BCUT2D eigenvalue weighted by atomic mass is 10.2. The first-order valence-corrected chi connectivity index (χ1v) is 9.64. The standard InChI is InChI=1S/C20H18ClN3O2S/c1-13-7-8-15(21)11-17(13)23-18(25)10-9-16-12-27-20(22-16)24-19(26)14-5-3-2-4-6-14/h2-8,11-12H,9-10H2,1H3,(H,23,25)(H,22,24,26). The second-order valence-electron chi connectivity index (χ2n) is 5.97. The molecule has 0 bridgehead atoms. The van der Waals surface area contributed by atoms with Crippen molar-refractivity contribution in [3.8, 4) is 0 Å². The largest absolute Gasteiger partial charge is 0.326 e. The topological polar surface area (TPSA) is 71.1 Å². The van der Waals surface area contributed by atoms with E-state index in [1.807, 2.05) is 36.6 Å². The van der Waals surface area contributed by atoms with Crippen LogP contribution in [-0.2, 0) is 11.2 Å². The summed E-state index contributed by atoms with van der Waals surface area (Å²) in [5.74, 6) is -0.311. The molecule has 27 heavy (non-hydrogen) atoms. The van der Waals surface area contributed by atoms with Crippen molar-refractivity contribution < 1.29 is 9.59 Å². The number of benzene rings is 2. The Morgan fingerprint density at radius 1 is 1.11 bits per heavy atom. The summed E-state index contributed by atoms with van der Waals surface area (Å²) in [6, 6.07) is 14.3. The zero-order valence-corrected chi connectivity index (χ0v) is 16.2. The van der Waals surface area contributed by atoms with E-state index in [0.717, 1.165) is 11.3 Å². The van der Waals surface area contributed by atoms with Gasteiger partial charge in [0.1, 0.15) is 0 Å². The van der Waals surface area contributed by atoms with E-state index >= 15 is 0 Å². The van der Waals surface area contributed by atoms with Crippen LogP contribution in [0.3, 0.4) is 0 Å². The maximum absolute atomic E-state index is 12.2. The van der Waals surface area contributed by atoms with Crippen LogP contribution in [0.5, 0.6) is 0 Å². The van der Waals surface area contributed by atoms with Crippen LogP contribution >= 0.6 is 22.9 Å².